The zero-order chi connectivity index (χ0) is 13.2. The Kier molecular flexibility index (Phi) is 7.42. The van der Waals surface area contributed by atoms with Crippen molar-refractivity contribution in [3.8, 4) is 5.88 Å². The van der Waals surface area contributed by atoms with Crippen LogP contribution in [0.5, 0.6) is 5.88 Å². The van der Waals surface area contributed by atoms with E-state index >= 15 is 0 Å². The molecule has 0 amide bonds. The quantitative estimate of drug-likeness (QED) is 0.677. The van der Waals surface area contributed by atoms with Crippen LogP contribution in [0.15, 0.2) is 18.3 Å². The highest BCUT2D eigenvalue weighted by atomic mass is 16.5. The molecule has 0 saturated heterocycles. The van der Waals surface area contributed by atoms with E-state index in [1.807, 2.05) is 19.1 Å². The van der Waals surface area contributed by atoms with Gasteiger partial charge in [0.15, 0.2) is 0 Å². The predicted molar refractivity (Wildman–Crippen MR) is 75.7 cm³/mol. The molecule has 1 aromatic heterocycles. The number of pyridine rings is 1. The van der Waals surface area contributed by atoms with Gasteiger partial charge in [-0.15, -0.1) is 0 Å². The van der Waals surface area contributed by atoms with E-state index in [4.69, 9.17) is 10.5 Å². The van der Waals surface area contributed by atoms with Gasteiger partial charge in [0.2, 0.25) is 5.88 Å². The maximum absolute atomic E-state index is 5.82. The van der Waals surface area contributed by atoms with Crippen molar-refractivity contribution in [3.05, 3.63) is 23.9 Å². The fourth-order valence-electron chi connectivity index (χ4n) is 1.85. The number of nitrogens with zero attached hydrogens (tertiary/aromatic N) is 1. The Bertz CT molecular complexity index is 326. The van der Waals surface area contributed by atoms with Gasteiger partial charge in [-0.1, -0.05) is 39.0 Å². The molecule has 0 aromatic carbocycles. The normalized spacial score (nSPS) is 12.4. The van der Waals surface area contributed by atoms with Crippen LogP contribution in [0.4, 0.5) is 0 Å². The molecule has 102 valence electrons. The van der Waals surface area contributed by atoms with Gasteiger partial charge in [0.1, 0.15) is 0 Å². The summed E-state index contributed by atoms with van der Waals surface area (Å²) in [5.41, 5.74) is 6.89. The van der Waals surface area contributed by atoms with Crippen LogP contribution in [0.3, 0.4) is 0 Å². The molecule has 0 fully saturated rings. The lowest BCUT2D eigenvalue weighted by Gasteiger charge is -2.08. The molecule has 1 aromatic rings. The largest absolute Gasteiger partial charge is 0.478 e. The van der Waals surface area contributed by atoms with Crippen molar-refractivity contribution < 1.29 is 4.74 Å². The molecule has 3 heteroatoms. The Morgan fingerprint density at radius 2 is 1.94 bits per heavy atom. The fourth-order valence-corrected chi connectivity index (χ4v) is 1.85. The third kappa shape index (κ3) is 6.01. The second kappa shape index (κ2) is 8.92. The van der Waals surface area contributed by atoms with Crippen LogP contribution in [0.1, 0.15) is 64.0 Å². The van der Waals surface area contributed by atoms with Crippen LogP contribution >= 0.6 is 0 Å². The van der Waals surface area contributed by atoms with Gasteiger partial charge in [0.05, 0.1) is 6.61 Å². The lowest BCUT2D eigenvalue weighted by Crippen LogP contribution is -2.06. The minimum absolute atomic E-state index is 0.0318. The molecule has 1 heterocycles. The van der Waals surface area contributed by atoms with Gasteiger partial charge >= 0.3 is 0 Å². The smallest absolute Gasteiger partial charge is 0.213 e. The van der Waals surface area contributed by atoms with Crippen LogP contribution in [0.2, 0.25) is 0 Å². The minimum atomic E-state index is 0.0318. The number of aromatic nitrogens is 1. The molecule has 1 atom stereocenters. The molecule has 0 radical (unpaired) electrons. The summed E-state index contributed by atoms with van der Waals surface area (Å²) in [6, 6.07) is 3.90. The minimum Gasteiger partial charge on any atom is -0.478 e. The Morgan fingerprint density at radius 3 is 2.67 bits per heavy atom. The second-order valence-corrected chi connectivity index (χ2v) is 4.83. The summed E-state index contributed by atoms with van der Waals surface area (Å²) in [5, 5.41) is 0. The molecule has 2 N–H and O–H groups in total. The highest BCUT2D eigenvalue weighted by Crippen LogP contribution is 2.15. The number of ether oxygens (including phenoxy) is 1. The molecule has 3 nitrogen and oxygen atoms in total. The topological polar surface area (TPSA) is 48.1 Å². The number of unbranched alkanes of at least 4 members (excludes halogenated alkanes) is 5. The molecular formula is C15H26N2O. The van der Waals surface area contributed by atoms with Crippen LogP contribution in [0.25, 0.3) is 0 Å². The molecule has 0 bridgehead atoms. The van der Waals surface area contributed by atoms with E-state index in [9.17, 15) is 0 Å². The Balaban J connectivity index is 2.17. The second-order valence-electron chi connectivity index (χ2n) is 4.83. The summed E-state index contributed by atoms with van der Waals surface area (Å²) in [6.07, 6.45) is 9.40. The molecule has 0 aliphatic rings. The van der Waals surface area contributed by atoms with Gasteiger partial charge in [-0.3, -0.25) is 0 Å². The first-order valence-corrected chi connectivity index (χ1v) is 7.08. The first-order valence-electron chi connectivity index (χ1n) is 7.08. The fraction of sp³-hybridized carbons (Fsp3) is 0.667. The molecule has 0 aliphatic heterocycles. The summed E-state index contributed by atoms with van der Waals surface area (Å²) in [5.74, 6) is 0.693. The van der Waals surface area contributed by atoms with Crippen molar-refractivity contribution in [2.75, 3.05) is 6.61 Å². The summed E-state index contributed by atoms with van der Waals surface area (Å²) >= 11 is 0. The Labute approximate surface area is 111 Å². The maximum Gasteiger partial charge on any atom is 0.213 e. The summed E-state index contributed by atoms with van der Waals surface area (Å²) in [7, 11) is 0. The van der Waals surface area contributed by atoms with Gasteiger partial charge in [-0.2, -0.15) is 0 Å². The molecule has 0 saturated carbocycles. The van der Waals surface area contributed by atoms with E-state index in [1.54, 1.807) is 6.20 Å². The van der Waals surface area contributed by atoms with E-state index in [0.717, 1.165) is 18.6 Å². The number of nitrogens with two attached hydrogens (primary N) is 1. The van der Waals surface area contributed by atoms with Crippen molar-refractivity contribution in [3.63, 3.8) is 0 Å². The zero-order valence-corrected chi connectivity index (χ0v) is 11.7. The van der Waals surface area contributed by atoms with E-state index in [1.165, 1.54) is 32.1 Å². The summed E-state index contributed by atoms with van der Waals surface area (Å²) in [6.45, 7) is 4.95. The molecular weight excluding hydrogens is 224 g/mol. The van der Waals surface area contributed by atoms with Crippen molar-refractivity contribution in [1.29, 1.82) is 0 Å². The average Bonchev–Trinajstić information content (AvgIpc) is 2.38. The highest BCUT2D eigenvalue weighted by Gasteiger charge is 2.02. The van der Waals surface area contributed by atoms with Crippen molar-refractivity contribution in [1.82, 2.24) is 4.98 Å². The van der Waals surface area contributed by atoms with Crippen LogP contribution in [-0.2, 0) is 0 Å². The highest BCUT2D eigenvalue weighted by molar-refractivity contribution is 5.22. The predicted octanol–water partition coefficient (Wildman–Crippen LogP) is 3.84. The van der Waals surface area contributed by atoms with Crippen LogP contribution in [-0.4, -0.2) is 11.6 Å². The average molecular weight is 250 g/mol. The van der Waals surface area contributed by atoms with Crippen molar-refractivity contribution in [2.45, 2.75) is 58.4 Å². The summed E-state index contributed by atoms with van der Waals surface area (Å²) < 4.78 is 5.64. The molecule has 1 rings (SSSR count). The first-order chi connectivity index (χ1) is 8.74. The van der Waals surface area contributed by atoms with Gasteiger partial charge in [-0.25, -0.2) is 4.98 Å². The molecule has 0 unspecified atom stereocenters. The summed E-state index contributed by atoms with van der Waals surface area (Å²) in [4.78, 5) is 4.19. The Morgan fingerprint density at radius 1 is 1.22 bits per heavy atom. The number of rotatable bonds is 9. The SMILES string of the molecule is CCCCCCCCOc1cc([C@H](C)N)ccn1. The van der Waals surface area contributed by atoms with Gasteiger partial charge in [0, 0.05) is 18.3 Å². The number of hydrogen-bond acceptors (Lipinski definition) is 3. The first kappa shape index (κ1) is 15.0. The monoisotopic (exact) mass is 250 g/mol. The van der Waals surface area contributed by atoms with Crippen LogP contribution in [0, 0.1) is 0 Å². The van der Waals surface area contributed by atoms with E-state index in [0.29, 0.717) is 5.88 Å². The lowest BCUT2D eigenvalue weighted by atomic mass is 10.1. The van der Waals surface area contributed by atoms with Crippen molar-refractivity contribution in [2.24, 2.45) is 5.73 Å². The lowest BCUT2D eigenvalue weighted by molar-refractivity contribution is 0.293. The molecule has 0 spiro atoms. The van der Waals surface area contributed by atoms with E-state index < -0.39 is 0 Å². The zero-order valence-electron chi connectivity index (χ0n) is 11.7. The van der Waals surface area contributed by atoms with Crippen LogP contribution < -0.4 is 10.5 Å². The van der Waals surface area contributed by atoms with Gasteiger partial charge in [-0.05, 0) is 25.0 Å². The molecule has 18 heavy (non-hydrogen) atoms. The van der Waals surface area contributed by atoms with Crippen molar-refractivity contribution >= 4 is 0 Å². The van der Waals surface area contributed by atoms with Gasteiger partial charge in [0.25, 0.3) is 0 Å². The third-order valence-corrected chi connectivity index (χ3v) is 3.03. The van der Waals surface area contributed by atoms with E-state index in [-0.39, 0.29) is 6.04 Å². The third-order valence-electron chi connectivity index (χ3n) is 3.03. The molecule has 0 aliphatic carbocycles. The standard InChI is InChI=1S/C15H26N2O/c1-3-4-5-6-7-8-11-18-15-12-14(13(2)16)9-10-17-15/h9-10,12-13H,3-8,11,16H2,1-2H3/t13-/m0/s1. The number of hydrogen-bond donors (Lipinski definition) is 1. The Hall–Kier alpha value is -1.09. The van der Waals surface area contributed by atoms with E-state index in [2.05, 4.69) is 11.9 Å². The van der Waals surface area contributed by atoms with Gasteiger partial charge < -0.3 is 10.5 Å². The maximum atomic E-state index is 5.82.